The minimum atomic E-state index is -0.123. The maximum Gasteiger partial charge on any atom is 0.255 e. The summed E-state index contributed by atoms with van der Waals surface area (Å²) in [5.41, 5.74) is 2.37. The van der Waals surface area contributed by atoms with Crippen molar-refractivity contribution in [3.63, 3.8) is 0 Å². The van der Waals surface area contributed by atoms with Crippen LogP contribution in [0.3, 0.4) is 0 Å². The molecule has 30 heavy (non-hydrogen) atoms. The standard InChI is InChI=1S/C24H29N3O3/c1-17-23(20-15-19(29-3)9-10-22(20)30-17)24(28)25-21(18-7-5-4-6-8-18)16-27-13-11-26(2)12-14-27/h4-10,15,21H,11-14,16H2,1-3H3,(H,25,28). The first-order valence-corrected chi connectivity index (χ1v) is 10.4. The fraction of sp³-hybridized carbons (Fsp3) is 0.375. The van der Waals surface area contributed by atoms with Gasteiger partial charge in [-0.1, -0.05) is 30.3 Å². The number of benzene rings is 2. The predicted octanol–water partition coefficient (Wildman–Crippen LogP) is 3.47. The Hall–Kier alpha value is -2.83. The normalized spacial score (nSPS) is 16.5. The second kappa shape index (κ2) is 8.90. The Balaban J connectivity index is 1.60. The maximum absolute atomic E-state index is 13.4. The third-order valence-electron chi connectivity index (χ3n) is 5.84. The molecule has 0 radical (unpaired) electrons. The van der Waals surface area contributed by atoms with Crippen molar-refractivity contribution in [3.8, 4) is 5.75 Å². The molecule has 1 aromatic heterocycles. The highest BCUT2D eigenvalue weighted by molar-refractivity contribution is 6.07. The van der Waals surface area contributed by atoms with Crippen LogP contribution in [0.15, 0.2) is 52.9 Å². The summed E-state index contributed by atoms with van der Waals surface area (Å²) in [6, 6.07) is 15.6. The number of hydrogen-bond donors (Lipinski definition) is 1. The summed E-state index contributed by atoms with van der Waals surface area (Å²) >= 11 is 0. The summed E-state index contributed by atoms with van der Waals surface area (Å²) in [4.78, 5) is 18.1. The number of nitrogens with zero attached hydrogens (tertiary/aromatic N) is 2. The zero-order valence-electron chi connectivity index (χ0n) is 17.9. The lowest BCUT2D eigenvalue weighted by Gasteiger charge is -2.35. The first-order valence-electron chi connectivity index (χ1n) is 10.4. The number of rotatable bonds is 6. The van der Waals surface area contributed by atoms with Gasteiger partial charge in [-0.05, 0) is 37.7 Å². The molecule has 1 N–H and O–H groups in total. The average Bonchev–Trinajstić information content (AvgIpc) is 3.10. The van der Waals surface area contributed by atoms with Crippen LogP contribution in [0.25, 0.3) is 11.0 Å². The summed E-state index contributed by atoms with van der Waals surface area (Å²) in [5.74, 6) is 1.19. The number of nitrogens with one attached hydrogen (secondary N) is 1. The summed E-state index contributed by atoms with van der Waals surface area (Å²) in [5, 5.41) is 4.04. The second-order valence-corrected chi connectivity index (χ2v) is 7.94. The molecule has 158 valence electrons. The highest BCUT2D eigenvalue weighted by Crippen LogP contribution is 2.29. The topological polar surface area (TPSA) is 58.0 Å². The quantitative estimate of drug-likeness (QED) is 0.678. The molecule has 1 unspecified atom stereocenters. The van der Waals surface area contributed by atoms with Gasteiger partial charge in [0.25, 0.3) is 5.91 Å². The molecule has 2 heterocycles. The van der Waals surface area contributed by atoms with Gasteiger partial charge in [0, 0.05) is 38.1 Å². The Labute approximate surface area is 177 Å². The van der Waals surface area contributed by atoms with Crippen LogP contribution in [0.2, 0.25) is 0 Å². The summed E-state index contributed by atoms with van der Waals surface area (Å²) in [6.07, 6.45) is 0. The minimum Gasteiger partial charge on any atom is -0.497 e. The summed E-state index contributed by atoms with van der Waals surface area (Å²) in [6.45, 7) is 6.70. The molecular formula is C24H29N3O3. The van der Waals surface area contributed by atoms with E-state index >= 15 is 0 Å². The van der Waals surface area contributed by atoms with E-state index in [0.717, 1.165) is 43.7 Å². The number of carbonyl (C=O) groups excluding carboxylic acids is 1. The van der Waals surface area contributed by atoms with Crippen molar-refractivity contribution >= 4 is 16.9 Å². The fourth-order valence-electron chi connectivity index (χ4n) is 4.05. The van der Waals surface area contributed by atoms with Gasteiger partial charge in [0.1, 0.15) is 17.1 Å². The van der Waals surface area contributed by atoms with E-state index in [9.17, 15) is 4.79 Å². The highest BCUT2D eigenvalue weighted by atomic mass is 16.5. The predicted molar refractivity (Wildman–Crippen MR) is 118 cm³/mol. The molecule has 1 amide bonds. The fourth-order valence-corrected chi connectivity index (χ4v) is 4.05. The molecule has 0 saturated carbocycles. The van der Waals surface area contributed by atoms with Gasteiger partial charge in [-0.15, -0.1) is 0 Å². The second-order valence-electron chi connectivity index (χ2n) is 7.94. The van der Waals surface area contributed by atoms with Crippen LogP contribution in [0, 0.1) is 6.92 Å². The van der Waals surface area contributed by atoms with Crippen molar-refractivity contribution in [2.24, 2.45) is 0 Å². The molecule has 2 aromatic carbocycles. The average molecular weight is 408 g/mol. The molecule has 6 nitrogen and oxygen atoms in total. The third kappa shape index (κ3) is 4.35. The van der Waals surface area contributed by atoms with Gasteiger partial charge in [0.05, 0.1) is 18.7 Å². The third-order valence-corrected chi connectivity index (χ3v) is 5.84. The van der Waals surface area contributed by atoms with Crippen LogP contribution in [-0.2, 0) is 0 Å². The maximum atomic E-state index is 13.4. The monoisotopic (exact) mass is 407 g/mol. The Kier molecular flexibility index (Phi) is 6.06. The van der Waals surface area contributed by atoms with E-state index in [0.29, 0.717) is 22.7 Å². The van der Waals surface area contributed by atoms with Gasteiger partial charge in [-0.3, -0.25) is 9.69 Å². The van der Waals surface area contributed by atoms with Gasteiger partial charge in [-0.25, -0.2) is 0 Å². The molecule has 4 rings (SSSR count). The Morgan fingerprint density at radius 2 is 1.87 bits per heavy atom. The van der Waals surface area contributed by atoms with Gasteiger partial charge >= 0.3 is 0 Å². The molecule has 1 atom stereocenters. The first-order chi connectivity index (χ1) is 14.5. The molecular weight excluding hydrogens is 378 g/mol. The lowest BCUT2D eigenvalue weighted by Crippen LogP contribution is -2.47. The highest BCUT2D eigenvalue weighted by Gasteiger charge is 2.25. The zero-order chi connectivity index (χ0) is 21.1. The van der Waals surface area contributed by atoms with Crippen molar-refractivity contribution in [2.75, 3.05) is 46.9 Å². The van der Waals surface area contributed by atoms with Crippen LogP contribution in [0.1, 0.15) is 27.7 Å². The van der Waals surface area contributed by atoms with Crippen molar-refractivity contribution in [3.05, 3.63) is 65.4 Å². The van der Waals surface area contributed by atoms with Crippen LogP contribution in [0.5, 0.6) is 5.75 Å². The lowest BCUT2D eigenvalue weighted by atomic mass is 10.0. The van der Waals surface area contributed by atoms with E-state index in [-0.39, 0.29) is 11.9 Å². The van der Waals surface area contributed by atoms with E-state index < -0.39 is 0 Å². The molecule has 1 aliphatic heterocycles. The van der Waals surface area contributed by atoms with Gasteiger partial charge in [0.2, 0.25) is 0 Å². The van der Waals surface area contributed by atoms with E-state index in [1.54, 1.807) is 7.11 Å². The van der Waals surface area contributed by atoms with Crippen LogP contribution < -0.4 is 10.1 Å². The number of ether oxygens (including phenoxy) is 1. The number of methoxy groups -OCH3 is 1. The number of aryl methyl sites for hydroxylation is 1. The number of hydrogen-bond acceptors (Lipinski definition) is 5. The zero-order valence-corrected chi connectivity index (χ0v) is 17.9. The largest absolute Gasteiger partial charge is 0.497 e. The van der Waals surface area contributed by atoms with E-state index in [2.05, 4.69) is 34.3 Å². The number of fused-ring (bicyclic) bond motifs is 1. The Bertz CT molecular complexity index is 1010. The molecule has 0 aliphatic carbocycles. The first kappa shape index (κ1) is 20.4. The van der Waals surface area contributed by atoms with Crippen molar-refractivity contribution in [1.82, 2.24) is 15.1 Å². The molecule has 1 saturated heterocycles. The molecule has 1 aliphatic rings. The summed E-state index contributed by atoms with van der Waals surface area (Å²) in [7, 11) is 3.77. The van der Waals surface area contributed by atoms with Crippen molar-refractivity contribution < 1.29 is 13.9 Å². The Morgan fingerprint density at radius 3 is 2.57 bits per heavy atom. The minimum absolute atomic E-state index is 0.0999. The van der Waals surface area contributed by atoms with Crippen LogP contribution in [0.4, 0.5) is 0 Å². The molecule has 0 bridgehead atoms. The molecule has 1 fully saturated rings. The molecule has 6 heteroatoms. The smallest absolute Gasteiger partial charge is 0.255 e. The number of likely N-dealkylation sites (N-methyl/N-ethyl adjacent to an activating group) is 1. The van der Waals surface area contributed by atoms with Crippen LogP contribution in [-0.4, -0.2) is 62.6 Å². The number of carbonyl (C=O) groups is 1. The van der Waals surface area contributed by atoms with Crippen LogP contribution >= 0.6 is 0 Å². The number of amides is 1. The molecule has 3 aromatic rings. The van der Waals surface area contributed by atoms with Crippen molar-refractivity contribution in [2.45, 2.75) is 13.0 Å². The SMILES string of the molecule is COc1ccc2oc(C)c(C(=O)NC(CN3CCN(C)CC3)c3ccccc3)c2c1. The molecule has 0 spiro atoms. The Morgan fingerprint density at radius 1 is 1.13 bits per heavy atom. The van der Waals surface area contributed by atoms with Crippen molar-refractivity contribution in [1.29, 1.82) is 0 Å². The van der Waals surface area contributed by atoms with E-state index in [4.69, 9.17) is 9.15 Å². The lowest BCUT2D eigenvalue weighted by molar-refractivity contribution is 0.0907. The number of furan rings is 1. The summed E-state index contributed by atoms with van der Waals surface area (Å²) < 4.78 is 11.2. The van der Waals surface area contributed by atoms with Gasteiger partial charge in [0.15, 0.2) is 0 Å². The number of piperazine rings is 1. The van der Waals surface area contributed by atoms with Gasteiger partial charge in [-0.2, -0.15) is 0 Å². The van der Waals surface area contributed by atoms with Gasteiger partial charge < -0.3 is 19.4 Å². The van der Waals surface area contributed by atoms with E-state index in [1.165, 1.54) is 0 Å². The van der Waals surface area contributed by atoms with E-state index in [1.807, 2.05) is 43.3 Å².